The molecule has 34 heavy (non-hydrogen) atoms. The van der Waals surface area contributed by atoms with Crippen molar-refractivity contribution in [2.45, 2.75) is 45.3 Å². The predicted molar refractivity (Wildman–Crippen MR) is 125 cm³/mol. The maximum atomic E-state index is 12.7. The Bertz CT molecular complexity index is 909. The van der Waals surface area contributed by atoms with Crippen LogP contribution in [0.25, 0.3) is 0 Å². The van der Waals surface area contributed by atoms with E-state index in [-0.39, 0.29) is 18.9 Å². The topological polar surface area (TPSA) is 142 Å². The lowest BCUT2D eigenvalue weighted by Crippen LogP contribution is -2.46. The highest BCUT2D eigenvalue weighted by Gasteiger charge is 2.33. The van der Waals surface area contributed by atoms with E-state index < -0.39 is 29.7 Å². The fraction of sp³-hybridized carbons (Fsp3) is 0.500. The van der Waals surface area contributed by atoms with Crippen molar-refractivity contribution >= 4 is 35.9 Å². The van der Waals surface area contributed by atoms with Crippen LogP contribution in [-0.2, 0) is 19.2 Å². The van der Waals surface area contributed by atoms with Gasteiger partial charge in [0.05, 0.1) is 12.6 Å². The normalized spacial score (nSPS) is 15.7. The molecule has 0 bridgehead atoms. The molecule has 4 amide bonds. The maximum Gasteiger partial charge on any atom is 0.434 e. The number of benzene rings is 1. The molecule has 1 aromatic rings. The summed E-state index contributed by atoms with van der Waals surface area (Å²) >= 11 is 0. The van der Waals surface area contributed by atoms with Gasteiger partial charge in [-0.25, -0.2) is 9.59 Å². The number of rotatable bonds is 8. The summed E-state index contributed by atoms with van der Waals surface area (Å²) in [7, 11) is 3.09. The first-order valence-corrected chi connectivity index (χ1v) is 10.8. The lowest BCUT2D eigenvalue weighted by molar-refractivity contribution is -0.154. The molecule has 0 unspecified atom stereocenters. The van der Waals surface area contributed by atoms with E-state index in [0.29, 0.717) is 18.7 Å². The first-order chi connectivity index (χ1) is 16.0. The monoisotopic (exact) mass is 476 g/mol. The van der Waals surface area contributed by atoms with E-state index in [1.54, 1.807) is 64.0 Å². The van der Waals surface area contributed by atoms with E-state index in [1.165, 1.54) is 11.1 Å². The molecule has 1 fully saturated rings. The molecule has 1 heterocycles. The zero-order valence-electron chi connectivity index (χ0n) is 20.1. The zero-order valence-corrected chi connectivity index (χ0v) is 20.1. The average molecular weight is 477 g/mol. The Hall–Kier alpha value is -3.83. The minimum Gasteiger partial charge on any atom is -0.460 e. The second-order valence-electron chi connectivity index (χ2n) is 8.77. The molecule has 1 saturated heterocycles. The number of hydrazone groups is 1. The van der Waals surface area contributed by atoms with Gasteiger partial charge in [-0.2, -0.15) is 5.10 Å². The van der Waals surface area contributed by atoms with Gasteiger partial charge in [0.25, 0.3) is 0 Å². The maximum absolute atomic E-state index is 12.7. The van der Waals surface area contributed by atoms with Crippen LogP contribution in [-0.4, -0.2) is 73.9 Å². The summed E-state index contributed by atoms with van der Waals surface area (Å²) in [6.45, 7) is 5.88. The molecule has 0 spiro atoms. The summed E-state index contributed by atoms with van der Waals surface area (Å²) in [6.07, 6.45) is 1.38. The second kappa shape index (κ2) is 11.9. The van der Waals surface area contributed by atoms with Gasteiger partial charge in [-0.05, 0) is 44.9 Å². The largest absolute Gasteiger partial charge is 0.460 e. The van der Waals surface area contributed by atoms with Crippen LogP contribution in [0.15, 0.2) is 29.4 Å². The molecular formula is C22H32N6O6. The van der Waals surface area contributed by atoms with E-state index in [1.807, 2.05) is 0 Å². The molecule has 0 aliphatic carbocycles. The average Bonchev–Trinajstić information content (AvgIpc) is 3.10. The van der Waals surface area contributed by atoms with Crippen molar-refractivity contribution in [3.05, 3.63) is 29.8 Å². The van der Waals surface area contributed by atoms with Gasteiger partial charge in [-0.3, -0.25) is 9.59 Å². The van der Waals surface area contributed by atoms with Gasteiger partial charge >= 0.3 is 18.1 Å². The Kier molecular flexibility index (Phi) is 9.22. The number of nitrogens with zero attached hydrogens (tertiary/aromatic N) is 3. The molecule has 12 nitrogen and oxygen atoms in total. The number of amides is 4. The van der Waals surface area contributed by atoms with Crippen LogP contribution in [0, 0.1) is 0 Å². The third kappa shape index (κ3) is 8.60. The van der Waals surface area contributed by atoms with Gasteiger partial charge in [0.2, 0.25) is 5.91 Å². The van der Waals surface area contributed by atoms with Gasteiger partial charge in [0.1, 0.15) is 11.6 Å². The first-order valence-electron chi connectivity index (χ1n) is 10.8. The van der Waals surface area contributed by atoms with Crippen molar-refractivity contribution in [2.75, 3.05) is 32.1 Å². The lowest BCUT2D eigenvalue weighted by Gasteiger charge is -2.19. The highest BCUT2D eigenvalue weighted by Crippen LogP contribution is 2.22. The van der Waals surface area contributed by atoms with E-state index in [4.69, 9.17) is 4.74 Å². The van der Waals surface area contributed by atoms with Crippen LogP contribution in [0.2, 0.25) is 0 Å². The molecule has 0 saturated carbocycles. The van der Waals surface area contributed by atoms with Crippen molar-refractivity contribution in [3.63, 3.8) is 0 Å². The van der Waals surface area contributed by atoms with Gasteiger partial charge in [-0.1, -0.05) is 12.1 Å². The van der Waals surface area contributed by atoms with E-state index >= 15 is 0 Å². The molecule has 1 aliphatic rings. The molecule has 1 atom stereocenters. The van der Waals surface area contributed by atoms with Crippen LogP contribution in [0.4, 0.5) is 15.3 Å². The van der Waals surface area contributed by atoms with E-state index in [2.05, 4.69) is 26.2 Å². The Balaban J connectivity index is 1.78. The van der Waals surface area contributed by atoms with E-state index in [0.717, 1.165) is 5.56 Å². The number of carbonyl (C=O) groups is 4. The van der Waals surface area contributed by atoms with Crippen LogP contribution in [0.1, 0.15) is 39.2 Å². The summed E-state index contributed by atoms with van der Waals surface area (Å²) < 4.78 is 5.18. The van der Waals surface area contributed by atoms with Crippen LogP contribution in [0.3, 0.4) is 0 Å². The second-order valence-corrected chi connectivity index (χ2v) is 8.77. The van der Waals surface area contributed by atoms with Crippen molar-refractivity contribution in [1.29, 1.82) is 0 Å². The van der Waals surface area contributed by atoms with Crippen LogP contribution in [0.5, 0.6) is 0 Å². The molecule has 1 aliphatic heterocycles. The minimum absolute atomic E-state index is 0.0404. The Morgan fingerprint density at radius 1 is 1.21 bits per heavy atom. The molecule has 0 aromatic heterocycles. The van der Waals surface area contributed by atoms with Crippen molar-refractivity contribution in [2.24, 2.45) is 5.10 Å². The number of ether oxygens (including phenoxy) is 1. The quantitative estimate of drug-likeness (QED) is 0.292. The van der Waals surface area contributed by atoms with E-state index in [9.17, 15) is 19.2 Å². The zero-order chi connectivity index (χ0) is 25.3. The third-order valence-electron chi connectivity index (χ3n) is 4.51. The van der Waals surface area contributed by atoms with Crippen molar-refractivity contribution in [3.8, 4) is 0 Å². The fourth-order valence-corrected chi connectivity index (χ4v) is 2.95. The molecule has 0 radical (unpaired) electrons. The number of anilines is 1. The SMILES string of the molecule is CN(C)C(=O)ONN=Cc1ccc(N2CC[C@H](NC(=O)NCCC(=O)OC(C)(C)C)C2=O)cc1. The number of nitrogens with one attached hydrogen (secondary N) is 3. The van der Waals surface area contributed by atoms with Crippen LogP contribution < -0.4 is 21.1 Å². The highest BCUT2D eigenvalue weighted by atomic mass is 16.7. The van der Waals surface area contributed by atoms with Gasteiger partial charge in [0.15, 0.2) is 0 Å². The van der Waals surface area contributed by atoms with Crippen LogP contribution >= 0.6 is 0 Å². The summed E-state index contributed by atoms with van der Waals surface area (Å²) in [6, 6.07) is 5.86. The Labute approximate surface area is 198 Å². The molecular weight excluding hydrogens is 444 g/mol. The Morgan fingerprint density at radius 3 is 2.50 bits per heavy atom. The summed E-state index contributed by atoms with van der Waals surface area (Å²) in [5.41, 5.74) is 3.02. The van der Waals surface area contributed by atoms with Gasteiger partial charge in [0, 0.05) is 32.9 Å². The number of carbonyl (C=O) groups excluding carboxylic acids is 4. The van der Waals surface area contributed by atoms with Crippen molar-refractivity contribution in [1.82, 2.24) is 21.1 Å². The summed E-state index contributed by atoms with van der Waals surface area (Å²) in [4.78, 5) is 55.3. The number of urea groups is 1. The summed E-state index contributed by atoms with van der Waals surface area (Å²) in [5.74, 6) is -0.629. The smallest absolute Gasteiger partial charge is 0.434 e. The lowest BCUT2D eigenvalue weighted by atomic mass is 10.2. The molecule has 186 valence electrons. The Morgan fingerprint density at radius 2 is 1.88 bits per heavy atom. The van der Waals surface area contributed by atoms with Gasteiger partial charge < -0.3 is 30.0 Å². The third-order valence-corrected chi connectivity index (χ3v) is 4.51. The molecule has 2 rings (SSSR count). The minimum atomic E-state index is -0.654. The van der Waals surface area contributed by atoms with Crippen molar-refractivity contribution < 1.29 is 28.8 Å². The molecule has 3 N–H and O–H groups in total. The van der Waals surface area contributed by atoms with Gasteiger partial charge in [-0.15, -0.1) is 5.59 Å². The predicted octanol–water partition coefficient (Wildman–Crippen LogP) is 1.36. The summed E-state index contributed by atoms with van der Waals surface area (Å²) in [5, 5.41) is 9.01. The fourth-order valence-electron chi connectivity index (χ4n) is 2.95. The number of esters is 1. The standard InChI is InChI=1S/C22H32N6O6/c1-22(2,3)33-18(29)10-12-23-20(31)25-17-11-13-28(19(17)30)16-8-6-15(7-9-16)14-24-26-34-21(32)27(4)5/h6-9,14,17,26H,10-13H2,1-5H3,(H2,23,25,31)/t17-/m0/s1. The number of hydrogen-bond acceptors (Lipinski definition) is 8. The number of hydrogen-bond donors (Lipinski definition) is 3. The molecule has 1 aromatic carbocycles. The first kappa shape index (κ1) is 26.4. The molecule has 12 heteroatoms. The highest BCUT2D eigenvalue weighted by molar-refractivity contribution is 6.01.